The van der Waals surface area contributed by atoms with E-state index in [9.17, 15) is 0 Å². The molecule has 1 aromatic heterocycles. The van der Waals surface area contributed by atoms with E-state index >= 15 is 0 Å². The van der Waals surface area contributed by atoms with Gasteiger partial charge in [-0.1, -0.05) is 53.2 Å². The van der Waals surface area contributed by atoms with Gasteiger partial charge in [-0.15, -0.1) is 0 Å². The van der Waals surface area contributed by atoms with E-state index in [-0.39, 0.29) is 0 Å². The number of rotatable bonds is 4. The van der Waals surface area contributed by atoms with Crippen LogP contribution in [0.3, 0.4) is 0 Å². The van der Waals surface area contributed by atoms with E-state index in [1.54, 1.807) is 0 Å². The molecule has 3 aromatic rings. The lowest BCUT2D eigenvalue weighted by Gasteiger charge is -2.16. The van der Waals surface area contributed by atoms with Gasteiger partial charge in [-0.3, -0.25) is 4.90 Å². The molecule has 0 saturated carbocycles. The van der Waals surface area contributed by atoms with Crippen LogP contribution in [0.15, 0.2) is 53.1 Å². The summed E-state index contributed by atoms with van der Waals surface area (Å²) in [6.45, 7) is 2.88. The Morgan fingerprint density at radius 1 is 1.08 bits per heavy atom. The lowest BCUT2D eigenvalue weighted by atomic mass is 10.1. The van der Waals surface area contributed by atoms with E-state index in [4.69, 9.17) is 20.9 Å². The highest BCUT2D eigenvalue weighted by molar-refractivity contribution is 6.31. The molecule has 1 aliphatic heterocycles. The lowest BCUT2D eigenvalue weighted by molar-refractivity contribution is 0.196. The second-order valence-corrected chi connectivity index (χ2v) is 6.45. The minimum Gasteiger partial charge on any atom is -0.492 e. The van der Waals surface area contributed by atoms with Gasteiger partial charge in [-0.05, 0) is 17.7 Å². The van der Waals surface area contributed by atoms with Crippen LogP contribution in [0, 0.1) is 0 Å². The minimum absolute atomic E-state index is 0.565. The van der Waals surface area contributed by atoms with Crippen LogP contribution in [0.4, 0.5) is 0 Å². The maximum atomic E-state index is 6.19. The van der Waals surface area contributed by atoms with Crippen molar-refractivity contribution < 1.29 is 9.26 Å². The number of aromatic nitrogens is 2. The van der Waals surface area contributed by atoms with E-state index in [2.05, 4.69) is 21.1 Å². The van der Waals surface area contributed by atoms with Crippen molar-refractivity contribution in [1.82, 2.24) is 15.0 Å². The van der Waals surface area contributed by atoms with E-state index < -0.39 is 0 Å². The number of benzene rings is 2. The van der Waals surface area contributed by atoms with Gasteiger partial charge in [0.25, 0.3) is 0 Å². The van der Waals surface area contributed by atoms with Crippen LogP contribution >= 0.6 is 11.6 Å². The van der Waals surface area contributed by atoms with Gasteiger partial charge in [-0.25, -0.2) is 0 Å². The van der Waals surface area contributed by atoms with Crippen molar-refractivity contribution >= 4 is 11.6 Å². The molecule has 2 aromatic carbocycles. The van der Waals surface area contributed by atoms with Gasteiger partial charge in [0.15, 0.2) is 5.82 Å². The van der Waals surface area contributed by atoms with Crippen LogP contribution < -0.4 is 4.74 Å². The summed E-state index contributed by atoms with van der Waals surface area (Å²) >= 11 is 6.19. The Morgan fingerprint density at radius 2 is 1.92 bits per heavy atom. The van der Waals surface area contributed by atoms with Crippen molar-refractivity contribution in [3.05, 3.63) is 76.4 Å². The first-order chi connectivity index (χ1) is 12.3. The molecule has 0 aliphatic carbocycles. The zero-order chi connectivity index (χ0) is 17.1. The SMILES string of the molecule is Clc1ccccc1Cc1noc(CN2CCOc3ccccc3C2)n1. The molecule has 1 aliphatic rings. The first kappa shape index (κ1) is 16.1. The fraction of sp³-hybridized carbons (Fsp3) is 0.263. The van der Waals surface area contributed by atoms with Crippen molar-refractivity contribution in [3.63, 3.8) is 0 Å². The topological polar surface area (TPSA) is 51.4 Å². The Balaban J connectivity index is 1.44. The molecule has 0 saturated heterocycles. The number of halogens is 1. The van der Waals surface area contributed by atoms with Crippen LogP contribution in [0.5, 0.6) is 5.75 Å². The molecule has 0 N–H and O–H groups in total. The molecular formula is C19H18ClN3O2. The second kappa shape index (κ2) is 7.25. The molecule has 0 atom stereocenters. The zero-order valence-corrected chi connectivity index (χ0v) is 14.4. The first-order valence-electron chi connectivity index (χ1n) is 8.26. The third-order valence-corrected chi connectivity index (χ3v) is 4.58. The van der Waals surface area contributed by atoms with Gasteiger partial charge in [0.1, 0.15) is 12.4 Å². The Hall–Kier alpha value is -2.37. The standard InChI is InChI=1S/C19H18ClN3O2/c20-16-7-3-1-5-14(16)11-18-21-19(25-22-18)13-23-9-10-24-17-8-4-2-6-15(17)12-23/h1-8H,9-13H2. The second-order valence-electron chi connectivity index (χ2n) is 6.04. The molecule has 6 heteroatoms. The number of para-hydroxylation sites is 1. The molecule has 2 heterocycles. The molecule has 0 fully saturated rings. The smallest absolute Gasteiger partial charge is 0.240 e. The number of ether oxygens (including phenoxy) is 1. The normalized spacial score (nSPS) is 14.6. The average Bonchev–Trinajstić information content (AvgIpc) is 2.94. The largest absolute Gasteiger partial charge is 0.492 e. The van der Waals surface area contributed by atoms with Crippen LogP contribution in [0.25, 0.3) is 0 Å². The summed E-state index contributed by atoms with van der Waals surface area (Å²) in [5, 5.41) is 4.80. The minimum atomic E-state index is 0.565. The summed E-state index contributed by atoms with van der Waals surface area (Å²) in [7, 11) is 0. The summed E-state index contributed by atoms with van der Waals surface area (Å²) in [5.74, 6) is 2.21. The van der Waals surface area contributed by atoms with Crippen molar-refractivity contribution in [3.8, 4) is 5.75 Å². The van der Waals surface area contributed by atoms with Crippen molar-refractivity contribution in [2.24, 2.45) is 0 Å². The molecule has 4 rings (SSSR count). The average molecular weight is 356 g/mol. The fourth-order valence-electron chi connectivity index (χ4n) is 2.94. The summed E-state index contributed by atoms with van der Waals surface area (Å²) in [6, 6.07) is 15.8. The number of nitrogens with zero attached hydrogens (tertiary/aromatic N) is 3. The van der Waals surface area contributed by atoms with Gasteiger partial charge in [0, 0.05) is 30.1 Å². The summed E-state index contributed by atoms with van der Waals surface area (Å²) in [4.78, 5) is 6.76. The molecular weight excluding hydrogens is 338 g/mol. The first-order valence-corrected chi connectivity index (χ1v) is 8.63. The maximum Gasteiger partial charge on any atom is 0.240 e. The van der Waals surface area contributed by atoms with E-state index in [0.717, 1.165) is 29.4 Å². The van der Waals surface area contributed by atoms with Gasteiger partial charge < -0.3 is 9.26 Å². The van der Waals surface area contributed by atoms with E-state index in [1.807, 2.05) is 42.5 Å². The highest BCUT2D eigenvalue weighted by atomic mass is 35.5. The Labute approximate surface area is 151 Å². The van der Waals surface area contributed by atoms with Crippen LogP contribution in [-0.4, -0.2) is 28.2 Å². The highest BCUT2D eigenvalue weighted by Gasteiger charge is 2.18. The van der Waals surface area contributed by atoms with Gasteiger partial charge in [0.05, 0.1) is 6.54 Å². The fourth-order valence-corrected chi connectivity index (χ4v) is 3.15. The van der Waals surface area contributed by atoms with E-state index in [1.165, 1.54) is 5.56 Å². The maximum absolute atomic E-state index is 6.19. The van der Waals surface area contributed by atoms with Gasteiger partial charge >= 0.3 is 0 Å². The molecule has 25 heavy (non-hydrogen) atoms. The molecule has 0 unspecified atom stereocenters. The highest BCUT2D eigenvalue weighted by Crippen LogP contribution is 2.23. The predicted molar refractivity (Wildman–Crippen MR) is 94.6 cm³/mol. The van der Waals surface area contributed by atoms with Crippen LogP contribution in [0.2, 0.25) is 5.02 Å². The van der Waals surface area contributed by atoms with E-state index in [0.29, 0.717) is 31.3 Å². The van der Waals surface area contributed by atoms with Crippen molar-refractivity contribution in [2.45, 2.75) is 19.5 Å². The number of hydrogen-bond donors (Lipinski definition) is 0. The van der Waals surface area contributed by atoms with Crippen LogP contribution in [-0.2, 0) is 19.5 Å². The molecule has 128 valence electrons. The van der Waals surface area contributed by atoms with Crippen molar-refractivity contribution in [2.75, 3.05) is 13.2 Å². The molecule has 0 bridgehead atoms. The zero-order valence-electron chi connectivity index (χ0n) is 13.7. The van der Waals surface area contributed by atoms with Gasteiger partial charge in [-0.2, -0.15) is 4.98 Å². The third-order valence-electron chi connectivity index (χ3n) is 4.21. The summed E-state index contributed by atoms with van der Waals surface area (Å²) in [6.07, 6.45) is 0.565. The molecule has 5 nitrogen and oxygen atoms in total. The Morgan fingerprint density at radius 3 is 2.84 bits per heavy atom. The lowest BCUT2D eigenvalue weighted by Crippen LogP contribution is -2.25. The molecule has 0 radical (unpaired) electrons. The molecule has 0 amide bonds. The van der Waals surface area contributed by atoms with Gasteiger partial charge in [0.2, 0.25) is 5.89 Å². The number of hydrogen-bond acceptors (Lipinski definition) is 5. The van der Waals surface area contributed by atoms with Crippen molar-refractivity contribution in [1.29, 1.82) is 0 Å². The Kier molecular flexibility index (Phi) is 4.68. The monoisotopic (exact) mass is 355 g/mol. The number of fused-ring (bicyclic) bond motifs is 1. The summed E-state index contributed by atoms with van der Waals surface area (Å²) in [5.41, 5.74) is 2.17. The Bertz CT molecular complexity index is 865. The quantitative estimate of drug-likeness (QED) is 0.714. The predicted octanol–water partition coefficient (Wildman–Crippen LogP) is 3.71. The van der Waals surface area contributed by atoms with Crippen LogP contribution in [0.1, 0.15) is 22.8 Å². The molecule has 0 spiro atoms. The third kappa shape index (κ3) is 3.83. The summed E-state index contributed by atoms with van der Waals surface area (Å²) < 4.78 is 11.2.